The number of hydrogen-bond donors (Lipinski definition) is 3. The first kappa shape index (κ1) is 28.0. The normalized spacial score (nSPS) is 13.5. The molecule has 3 heterocycles. The molecule has 6 rings (SSSR count). The van der Waals surface area contributed by atoms with Crippen LogP contribution in [0.5, 0.6) is 0 Å². The van der Waals surface area contributed by atoms with E-state index < -0.39 is 17.1 Å². The van der Waals surface area contributed by atoms with Crippen LogP contribution in [0.15, 0.2) is 78.0 Å². The number of hydrogen-bond acceptors (Lipinski definition) is 7. The molecule has 1 amide bonds. The predicted molar refractivity (Wildman–Crippen MR) is 166 cm³/mol. The van der Waals surface area contributed by atoms with Crippen molar-refractivity contribution >= 4 is 34.2 Å². The first-order chi connectivity index (χ1) is 20.6. The van der Waals surface area contributed by atoms with Crippen molar-refractivity contribution in [3.8, 4) is 16.8 Å². The standard InChI is InChI=1S/C33H32N6O4/c1-33(2,43)18-38-17-25(28-29(34)35-19-36-30(28)38)20-12-14-21(15-13-20)37-31(41)24-16-23-26(10-6-7-11-27(23)40)39(32(24)42)22-8-4-3-5-9-22/h3-5,8-9,12-17,19,43H,6-7,10-11,18H2,1-2H3,(H,37,41)(H2,34,35,36). The number of rotatable bonds is 6. The minimum absolute atomic E-state index is 0.0671. The lowest BCUT2D eigenvalue weighted by molar-refractivity contribution is 0.0627. The zero-order chi connectivity index (χ0) is 30.3. The molecule has 1 aliphatic rings. The zero-order valence-corrected chi connectivity index (χ0v) is 24.0. The van der Waals surface area contributed by atoms with Gasteiger partial charge in [0.15, 0.2) is 5.78 Å². The van der Waals surface area contributed by atoms with Crippen LogP contribution in [0.3, 0.4) is 0 Å². The van der Waals surface area contributed by atoms with E-state index in [1.807, 2.05) is 41.1 Å². The van der Waals surface area contributed by atoms with Crippen molar-refractivity contribution in [2.75, 3.05) is 11.1 Å². The summed E-state index contributed by atoms with van der Waals surface area (Å²) < 4.78 is 3.35. The summed E-state index contributed by atoms with van der Waals surface area (Å²) in [7, 11) is 0. The van der Waals surface area contributed by atoms with Gasteiger partial charge in [-0.05, 0) is 69.0 Å². The summed E-state index contributed by atoms with van der Waals surface area (Å²) >= 11 is 0. The van der Waals surface area contributed by atoms with Gasteiger partial charge < -0.3 is 20.7 Å². The maximum atomic E-state index is 13.7. The van der Waals surface area contributed by atoms with Crippen molar-refractivity contribution in [3.63, 3.8) is 0 Å². The molecule has 0 spiro atoms. The van der Waals surface area contributed by atoms with Gasteiger partial charge in [-0.15, -0.1) is 0 Å². The Balaban J connectivity index is 1.35. The monoisotopic (exact) mass is 576 g/mol. The average molecular weight is 577 g/mol. The summed E-state index contributed by atoms with van der Waals surface area (Å²) in [4.78, 5) is 48.8. The van der Waals surface area contributed by atoms with Crippen LogP contribution in [-0.2, 0) is 13.0 Å². The van der Waals surface area contributed by atoms with Gasteiger partial charge in [-0.1, -0.05) is 30.3 Å². The maximum Gasteiger partial charge on any atom is 0.268 e. The topological polar surface area (TPSA) is 145 Å². The van der Waals surface area contributed by atoms with E-state index in [1.165, 1.54) is 17.0 Å². The van der Waals surface area contributed by atoms with Gasteiger partial charge in [0.1, 0.15) is 23.4 Å². The number of aliphatic hydroxyl groups is 1. The molecule has 0 bridgehead atoms. The van der Waals surface area contributed by atoms with Gasteiger partial charge in [-0.3, -0.25) is 19.0 Å². The quantitative estimate of drug-likeness (QED) is 0.247. The first-order valence-electron chi connectivity index (χ1n) is 14.2. The predicted octanol–water partition coefficient (Wildman–Crippen LogP) is 4.76. The number of anilines is 2. The van der Waals surface area contributed by atoms with Crippen molar-refractivity contribution in [1.29, 1.82) is 0 Å². The van der Waals surface area contributed by atoms with Gasteiger partial charge in [0.2, 0.25) is 0 Å². The number of nitrogen functional groups attached to an aromatic ring is 1. The molecule has 2 aromatic carbocycles. The number of nitrogens with zero attached hydrogens (tertiary/aromatic N) is 4. The van der Waals surface area contributed by atoms with E-state index in [2.05, 4.69) is 15.3 Å². The third-order valence-electron chi connectivity index (χ3n) is 7.62. The molecular weight excluding hydrogens is 544 g/mol. The lowest BCUT2D eigenvalue weighted by Gasteiger charge is -2.18. The van der Waals surface area contributed by atoms with E-state index in [0.717, 1.165) is 24.0 Å². The summed E-state index contributed by atoms with van der Waals surface area (Å²) in [5.41, 5.74) is 9.04. The van der Waals surface area contributed by atoms with E-state index in [-0.39, 0.29) is 11.3 Å². The van der Waals surface area contributed by atoms with Crippen LogP contribution in [0.25, 0.3) is 27.8 Å². The fourth-order valence-electron chi connectivity index (χ4n) is 5.70. The highest BCUT2D eigenvalue weighted by Crippen LogP contribution is 2.34. The van der Waals surface area contributed by atoms with Crippen molar-refractivity contribution in [1.82, 2.24) is 19.1 Å². The Kier molecular flexibility index (Phi) is 7.15. The Hall–Kier alpha value is -5.09. The van der Waals surface area contributed by atoms with Crippen LogP contribution in [0.1, 0.15) is 59.5 Å². The summed E-state index contributed by atoms with van der Waals surface area (Å²) in [5, 5.41) is 13.9. The number of para-hydroxylation sites is 1. The second kappa shape index (κ2) is 11.0. The van der Waals surface area contributed by atoms with Crippen LogP contribution in [0.2, 0.25) is 0 Å². The molecule has 3 aromatic heterocycles. The highest BCUT2D eigenvalue weighted by molar-refractivity contribution is 6.07. The molecule has 0 aliphatic heterocycles. The number of fused-ring (bicyclic) bond motifs is 2. The number of nitrogens with one attached hydrogen (secondary N) is 1. The number of nitrogens with two attached hydrogens (primary N) is 1. The number of ketones is 1. The van der Waals surface area contributed by atoms with Crippen LogP contribution in [-0.4, -0.2) is 41.5 Å². The Bertz CT molecular complexity index is 1920. The third kappa shape index (κ3) is 5.44. The number of amides is 1. The molecule has 0 saturated heterocycles. The lowest BCUT2D eigenvalue weighted by atomic mass is 10.0. The molecule has 10 nitrogen and oxygen atoms in total. The van der Waals surface area contributed by atoms with E-state index in [0.29, 0.717) is 58.9 Å². The smallest absolute Gasteiger partial charge is 0.268 e. The Morgan fingerprint density at radius 2 is 1.72 bits per heavy atom. The third-order valence-corrected chi connectivity index (χ3v) is 7.62. The highest BCUT2D eigenvalue weighted by Gasteiger charge is 2.25. The maximum absolute atomic E-state index is 13.7. The SMILES string of the molecule is CC(C)(O)Cn1cc(-c2ccc(NC(=O)c3cc4c(n(-c5ccccc5)c3=O)CCCCC4=O)cc2)c2c(N)ncnc21. The van der Waals surface area contributed by atoms with Gasteiger partial charge in [-0.25, -0.2) is 9.97 Å². The second-order valence-corrected chi connectivity index (χ2v) is 11.5. The van der Waals surface area contributed by atoms with Crippen LogP contribution in [0.4, 0.5) is 11.5 Å². The van der Waals surface area contributed by atoms with Gasteiger partial charge in [0, 0.05) is 40.8 Å². The molecule has 10 heteroatoms. The Morgan fingerprint density at radius 3 is 2.44 bits per heavy atom. The summed E-state index contributed by atoms with van der Waals surface area (Å²) in [5.74, 6) is -0.344. The van der Waals surface area contributed by atoms with E-state index >= 15 is 0 Å². The van der Waals surface area contributed by atoms with Gasteiger partial charge >= 0.3 is 0 Å². The molecular formula is C33H32N6O4. The van der Waals surface area contributed by atoms with E-state index in [4.69, 9.17) is 5.73 Å². The molecule has 0 unspecified atom stereocenters. The molecule has 0 atom stereocenters. The van der Waals surface area contributed by atoms with Gasteiger partial charge in [0.05, 0.1) is 17.5 Å². The molecule has 0 radical (unpaired) electrons. The molecule has 0 fully saturated rings. The number of aromatic nitrogens is 4. The highest BCUT2D eigenvalue weighted by atomic mass is 16.3. The van der Waals surface area contributed by atoms with Crippen molar-refractivity contribution in [2.24, 2.45) is 0 Å². The number of carbonyl (C=O) groups is 2. The molecule has 218 valence electrons. The molecule has 0 saturated carbocycles. The van der Waals surface area contributed by atoms with E-state index in [9.17, 15) is 19.5 Å². The average Bonchev–Trinajstić information content (AvgIpc) is 3.23. The molecule has 1 aliphatic carbocycles. The lowest BCUT2D eigenvalue weighted by Crippen LogP contribution is -2.32. The zero-order valence-electron chi connectivity index (χ0n) is 24.0. The minimum atomic E-state index is -0.976. The van der Waals surface area contributed by atoms with E-state index in [1.54, 1.807) is 38.1 Å². The van der Waals surface area contributed by atoms with Crippen molar-refractivity contribution in [2.45, 2.75) is 51.7 Å². The van der Waals surface area contributed by atoms with Crippen molar-refractivity contribution < 1.29 is 14.7 Å². The number of carbonyl (C=O) groups excluding carboxylic acids is 2. The van der Waals surface area contributed by atoms with Crippen LogP contribution >= 0.6 is 0 Å². The summed E-state index contributed by atoms with van der Waals surface area (Å²) in [6.45, 7) is 3.74. The summed E-state index contributed by atoms with van der Waals surface area (Å²) in [6.07, 6.45) is 5.75. The second-order valence-electron chi connectivity index (χ2n) is 11.5. The summed E-state index contributed by atoms with van der Waals surface area (Å²) in [6, 6.07) is 17.7. The minimum Gasteiger partial charge on any atom is -0.389 e. The van der Waals surface area contributed by atoms with Crippen LogP contribution in [0, 0.1) is 0 Å². The number of Topliss-reactive ketones (excluding diaryl/α,β-unsaturated/α-hetero) is 1. The Morgan fingerprint density at radius 1 is 1.00 bits per heavy atom. The van der Waals surface area contributed by atoms with Crippen molar-refractivity contribution in [3.05, 3.63) is 100 Å². The van der Waals surface area contributed by atoms with Gasteiger partial charge in [0.25, 0.3) is 11.5 Å². The fraction of sp³-hybridized carbons (Fsp3) is 0.242. The largest absolute Gasteiger partial charge is 0.389 e. The molecule has 43 heavy (non-hydrogen) atoms. The molecule has 5 aromatic rings. The van der Waals surface area contributed by atoms with Crippen LogP contribution < -0.4 is 16.6 Å². The van der Waals surface area contributed by atoms with Gasteiger partial charge in [-0.2, -0.15) is 0 Å². The first-order valence-corrected chi connectivity index (χ1v) is 14.2. The fourth-order valence-corrected chi connectivity index (χ4v) is 5.70. The Labute approximate surface area is 247 Å². The number of pyridine rings is 1. The number of benzene rings is 2. The molecule has 4 N–H and O–H groups in total.